The van der Waals surface area contributed by atoms with E-state index < -0.39 is 11.3 Å². The molecule has 0 bridgehead atoms. The lowest BCUT2D eigenvalue weighted by Crippen LogP contribution is -2.41. The van der Waals surface area contributed by atoms with Crippen molar-refractivity contribution in [3.63, 3.8) is 0 Å². The molecule has 120 valence electrons. The summed E-state index contributed by atoms with van der Waals surface area (Å²) in [4.78, 5) is 32.6. The molecule has 6 nitrogen and oxygen atoms in total. The minimum atomic E-state index is -0.506. The molecule has 1 atom stereocenters. The van der Waals surface area contributed by atoms with E-state index >= 15 is 0 Å². The van der Waals surface area contributed by atoms with Crippen molar-refractivity contribution in [2.24, 2.45) is 0 Å². The first-order valence-electron chi connectivity index (χ1n) is 7.54. The van der Waals surface area contributed by atoms with E-state index in [1.54, 1.807) is 6.92 Å². The van der Waals surface area contributed by atoms with E-state index in [9.17, 15) is 9.59 Å². The summed E-state index contributed by atoms with van der Waals surface area (Å²) < 4.78 is 0. The van der Waals surface area contributed by atoms with E-state index in [0.29, 0.717) is 5.92 Å². The number of hydrogen-bond acceptors (Lipinski definition) is 5. The highest BCUT2D eigenvalue weighted by molar-refractivity contribution is 8.00. The Morgan fingerprint density at radius 2 is 2.00 bits per heavy atom. The van der Waals surface area contributed by atoms with Crippen LogP contribution in [-0.4, -0.2) is 34.2 Å². The predicted octanol–water partition coefficient (Wildman–Crippen LogP) is 2.44. The number of hydrogen-bond donors (Lipinski definition) is 2. The van der Waals surface area contributed by atoms with Gasteiger partial charge in [0.1, 0.15) is 10.9 Å². The van der Waals surface area contributed by atoms with Gasteiger partial charge in [0.05, 0.1) is 10.8 Å². The Labute approximate surface area is 138 Å². The molecule has 1 aliphatic rings. The summed E-state index contributed by atoms with van der Waals surface area (Å²) in [7, 11) is 1.47. The van der Waals surface area contributed by atoms with Crippen molar-refractivity contribution in [3.8, 4) is 0 Å². The Hall–Kier alpha value is -2.15. The van der Waals surface area contributed by atoms with Gasteiger partial charge < -0.3 is 5.32 Å². The van der Waals surface area contributed by atoms with Crippen LogP contribution in [0.3, 0.4) is 0 Å². The lowest BCUT2D eigenvalue weighted by molar-refractivity contribution is -0.119. The summed E-state index contributed by atoms with van der Waals surface area (Å²) in [5, 5.41) is 5.95. The Balaban J connectivity index is 1.86. The maximum absolute atomic E-state index is 12.0. The van der Waals surface area contributed by atoms with Gasteiger partial charge in [0.15, 0.2) is 0 Å². The van der Waals surface area contributed by atoms with E-state index in [1.165, 1.54) is 18.8 Å². The summed E-state index contributed by atoms with van der Waals surface area (Å²) in [6.07, 6.45) is 2.24. The summed E-state index contributed by atoms with van der Waals surface area (Å²) in [5.74, 6) is 0.948. The zero-order valence-electron chi connectivity index (χ0n) is 13.0. The number of urea groups is 1. The molecule has 1 saturated carbocycles. The maximum atomic E-state index is 12.0. The van der Waals surface area contributed by atoms with Crippen LogP contribution in [-0.2, 0) is 4.79 Å². The first-order chi connectivity index (χ1) is 11.1. The number of para-hydroxylation sites is 1. The van der Waals surface area contributed by atoms with E-state index in [-0.39, 0.29) is 5.91 Å². The number of benzene rings is 1. The Kier molecular flexibility index (Phi) is 4.47. The third-order valence-electron chi connectivity index (χ3n) is 3.65. The molecule has 23 heavy (non-hydrogen) atoms. The second-order valence-corrected chi connectivity index (χ2v) is 6.84. The summed E-state index contributed by atoms with van der Waals surface area (Å²) in [6.45, 7) is 1.76. The van der Waals surface area contributed by atoms with Crippen LogP contribution in [0.1, 0.15) is 31.5 Å². The molecule has 0 spiro atoms. The number of aromatic nitrogens is 2. The fraction of sp³-hybridized carbons (Fsp3) is 0.375. The van der Waals surface area contributed by atoms with Crippen molar-refractivity contribution in [3.05, 3.63) is 30.1 Å². The summed E-state index contributed by atoms with van der Waals surface area (Å²) in [5.41, 5.74) is 0.894. The van der Waals surface area contributed by atoms with Crippen molar-refractivity contribution in [1.29, 1.82) is 0 Å². The van der Waals surface area contributed by atoms with Gasteiger partial charge in [-0.3, -0.25) is 10.1 Å². The highest BCUT2D eigenvalue weighted by Gasteiger charge is 2.28. The number of fused-ring (bicyclic) bond motifs is 1. The van der Waals surface area contributed by atoms with Gasteiger partial charge in [-0.15, -0.1) is 0 Å². The van der Waals surface area contributed by atoms with Crippen LogP contribution in [0.5, 0.6) is 0 Å². The van der Waals surface area contributed by atoms with Gasteiger partial charge in [-0.1, -0.05) is 30.0 Å². The largest absolute Gasteiger partial charge is 0.341 e. The molecule has 1 aliphatic carbocycles. The molecule has 3 amide bonds. The quantitative estimate of drug-likeness (QED) is 0.664. The topological polar surface area (TPSA) is 84.0 Å². The second-order valence-electron chi connectivity index (χ2n) is 5.51. The SMILES string of the molecule is CNC(=O)NC(=O)[C@@H](C)Sc1nc(C2CC2)nc2ccccc12. The third kappa shape index (κ3) is 3.61. The van der Waals surface area contributed by atoms with Gasteiger partial charge in [-0.05, 0) is 25.8 Å². The van der Waals surface area contributed by atoms with Crippen LogP contribution < -0.4 is 10.6 Å². The van der Waals surface area contributed by atoms with Gasteiger partial charge in [0, 0.05) is 18.4 Å². The van der Waals surface area contributed by atoms with Gasteiger partial charge in [0.2, 0.25) is 5.91 Å². The lowest BCUT2D eigenvalue weighted by Gasteiger charge is -2.13. The Bertz CT molecular complexity index is 761. The molecule has 3 rings (SSSR count). The van der Waals surface area contributed by atoms with Gasteiger partial charge >= 0.3 is 6.03 Å². The zero-order chi connectivity index (χ0) is 16.4. The minimum absolute atomic E-state index is 0.343. The molecule has 1 fully saturated rings. The van der Waals surface area contributed by atoms with Crippen LogP contribution in [0.15, 0.2) is 29.3 Å². The van der Waals surface area contributed by atoms with E-state index in [0.717, 1.165) is 34.6 Å². The van der Waals surface area contributed by atoms with Crippen molar-refractivity contribution in [2.45, 2.75) is 36.0 Å². The van der Waals surface area contributed by atoms with Gasteiger partial charge in [-0.2, -0.15) is 0 Å². The van der Waals surface area contributed by atoms with E-state index in [1.807, 2.05) is 24.3 Å². The van der Waals surface area contributed by atoms with Crippen LogP contribution in [0, 0.1) is 0 Å². The van der Waals surface area contributed by atoms with Crippen molar-refractivity contribution >= 4 is 34.6 Å². The van der Waals surface area contributed by atoms with E-state index in [2.05, 4.69) is 20.6 Å². The van der Waals surface area contributed by atoms with E-state index in [4.69, 9.17) is 0 Å². The molecule has 0 unspecified atom stereocenters. The number of nitrogens with zero attached hydrogens (tertiary/aromatic N) is 2. The first-order valence-corrected chi connectivity index (χ1v) is 8.42. The maximum Gasteiger partial charge on any atom is 0.321 e. The van der Waals surface area contributed by atoms with Gasteiger partial charge in [0.25, 0.3) is 0 Å². The first kappa shape index (κ1) is 15.7. The molecule has 0 radical (unpaired) electrons. The second kappa shape index (κ2) is 6.54. The molecule has 0 aliphatic heterocycles. The predicted molar refractivity (Wildman–Crippen MR) is 89.4 cm³/mol. The average molecular weight is 330 g/mol. The normalized spacial score (nSPS) is 15.2. The zero-order valence-corrected chi connectivity index (χ0v) is 13.8. The molecular weight excluding hydrogens is 312 g/mol. The molecule has 1 heterocycles. The molecule has 7 heteroatoms. The third-order valence-corrected chi connectivity index (χ3v) is 4.75. The van der Waals surface area contributed by atoms with Gasteiger partial charge in [-0.25, -0.2) is 14.8 Å². The molecule has 2 N–H and O–H groups in total. The summed E-state index contributed by atoms with van der Waals surface area (Å²) >= 11 is 1.35. The number of imide groups is 1. The highest BCUT2D eigenvalue weighted by atomic mass is 32.2. The monoisotopic (exact) mass is 330 g/mol. The molecule has 0 saturated heterocycles. The van der Waals surface area contributed by atoms with Crippen molar-refractivity contribution in [1.82, 2.24) is 20.6 Å². The molecule has 1 aromatic heterocycles. The molecule has 1 aromatic carbocycles. The number of carbonyl (C=O) groups excluding carboxylic acids is 2. The fourth-order valence-electron chi connectivity index (χ4n) is 2.18. The van der Waals surface area contributed by atoms with Crippen LogP contribution in [0.25, 0.3) is 10.9 Å². The fourth-order valence-corrected chi connectivity index (χ4v) is 3.12. The van der Waals surface area contributed by atoms with Crippen LogP contribution in [0.2, 0.25) is 0 Å². The smallest absolute Gasteiger partial charge is 0.321 e. The molecule has 2 aromatic rings. The Morgan fingerprint density at radius 3 is 2.70 bits per heavy atom. The number of carbonyl (C=O) groups is 2. The highest BCUT2D eigenvalue weighted by Crippen LogP contribution is 2.40. The molecular formula is C16H18N4O2S. The number of nitrogens with one attached hydrogen (secondary N) is 2. The standard InChI is InChI=1S/C16H18N4O2S/c1-9(14(21)20-16(22)17-2)23-15-11-5-3-4-6-12(11)18-13(19-15)10-7-8-10/h3-6,9-10H,7-8H2,1-2H3,(H2,17,20,21,22)/t9-/m1/s1. The van der Waals surface area contributed by atoms with Crippen molar-refractivity contribution < 1.29 is 9.59 Å². The number of amides is 3. The van der Waals surface area contributed by atoms with Crippen LogP contribution >= 0.6 is 11.8 Å². The lowest BCUT2D eigenvalue weighted by atomic mass is 10.2. The number of rotatable bonds is 4. The van der Waals surface area contributed by atoms with Crippen molar-refractivity contribution in [2.75, 3.05) is 7.05 Å². The summed E-state index contributed by atoms with van der Waals surface area (Å²) in [6, 6.07) is 7.29. The Morgan fingerprint density at radius 1 is 1.26 bits per heavy atom. The number of thioether (sulfide) groups is 1. The van der Waals surface area contributed by atoms with Crippen LogP contribution in [0.4, 0.5) is 4.79 Å². The minimum Gasteiger partial charge on any atom is -0.341 e. The average Bonchev–Trinajstić information content (AvgIpc) is 3.39.